The summed E-state index contributed by atoms with van der Waals surface area (Å²) >= 11 is 6.00. The van der Waals surface area contributed by atoms with Gasteiger partial charge in [0, 0.05) is 49.3 Å². The maximum atomic E-state index is 12.9. The largest absolute Gasteiger partial charge is 0.481 e. The molecule has 0 fully saturated rings. The van der Waals surface area contributed by atoms with Crippen LogP contribution in [0.25, 0.3) is 17.0 Å². The molecular formula is C24H29ClN4O4. The third kappa shape index (κ3) is 6.22. The fraction of sp³-hybridized carbons (Fsp3) is 0.417. The number of rotatable bonds is 12. The second kappa shape index (κ2) is 11.1. The molecule has 0 saturated carbocycles. The van der Waals surface area contributed by atoms with Crippen LogP contribution in [-0.4, -0.2) is 44.4 Å². The second-order valence-corrected chi connectivity index (χ2v) is 8.58. The van der Waals surface area contributed by atoms with Crippen LogP contribution in [0, 0.1) is 0 Å². The number of aliphatic carboxylic acids is 1. The maximum absolute atomic E-state index is 12.9. The number of hydrogen-bond acceptors (Lipinski definition) is 5. The molecule has 0 aliphatic heterocycles. The lowest BCUT2D eigenvalue weighted by Gasteiger charge is -2.23. The third-order valence-electron chi connectivity index (χ3n) is 5.47. The molecule has 0 spiro atoms. The minimum absolute atomic E-state index is 0.0370. The molecule has 9 heteroatoms. The molecular weight excluding hydrogens is 444 g/mol. The summed E-state index contributed by atoms with van der Waals surface area (Å²) in [4.78, 5) is 42.5. The van der Waals surface area contributed by atoms with Crippen LogP contribution in [0.5, 0.6) is 0 Å². The molecule has 0 aliphatic carbocycles. The van der Waals surface area contributed by atoms with Gasteiger partial charge in [0.15, 0.2) is 5.78 Å². The molecule has 0 saturated heterocycles. The van der Waals surface area contributed by atoms with Crippen LogP contribution in [0.3, 0.4) is 0 Å². The number of unbranched alkanes of at least 4 members (excludes halogenated alkanes) is 2. The summed E-state index contributed by atoms with van der Waals surface area (Å²) in [6.07, 6.45) is 5.15. The number of hydrogen-bond donors (Lipinski definition) is 1. The smallest absolute Gasteiger partial charge is 0.303 e. The fourth-order valence-electron chi connectivity index (χ4n) is 3.76. The number of carbonyl (C=O) groups is 2. The number of carboxylic acid groups (broad SMARTS) is 1. The standard InChI is InChI=1S/C24H29ClN4O4/c1-3-4-5-13-28-21(27(2)15-19(30)7-6-8-23(32)33)14-22(31)29-16-20(26-24(28)29)17-9-11-18(25)12-10-17/h9-12,14,16H,3-8,13,15H2,1-2H3,(H,32,33). The van der Waals surface area contributed by atoms with Crippen molar-refractivity contribution in [1.29, 1.82) is 0 Å². The number of carboxylic acids is 1. The summed E-state index contributed by atoms with van der Waals surface area (Å²) in [6, 6.07) is 8.81. The summed E-state index contributed by atoms with van der Waals surface area (Å²) in [5, 5.41) is 9.40. The predicted octanol–water partition coefficient (Wildman–Crippen LogP) is 4.27. The van der Waals surface area contributed by atoms with E-state index in [1.807, 2.05) is 16.7 Å². The number of likely N-dealkylation sites (N-methyl/N-ethyl adjacent to an activating group) is 1. The second-order valence-electron chi connectivity index (χ2n) is 8.14. The highest BCUT2D eigenvalue weighted by Crippen LogP contribution is 2.23. The highest BCUT2D eigenvalue weighted by atomic mass is 35.5. The number of Topliss-reactive ketones (excluding diaryl/α,β-unsaturated/α-hetero) is 1. The van der Waals surface area contributed by atoms with Gasteiger partial charge in [-0.25, -0.2) is 4.98 Å². The van der Waals surface area contributed by atoms with Gasteiger partial charge in [-0.15, -0.1) is 0 Å². The molecule has 2 aromatic heterocycles. The van der Waals surface area contributed by atoms with E-state index in [1.54, 1.807) is 30.3 Å². The fourth-order valence-corrected chi connectivity index (χ4v) is 3.88. The Morgan fingerprint density at radius 3 is 2.52 bits per heavy atom. The molecule has 0 unspecified atom stereocenters. The van der Waals surface area contributed by atoms with Crippen molar-refractivity contribution in [2.24, 2.45) is 0 Å². The van der Waals surface area contributed by atoms with Crippen molar-refractivity contribution in [3.05, 3.63) is 51.9 Å². The van der Waals surface area contributed by atoms with Gasteiger partial charge in [-0.05, 0) is 25.0 Å². The van der Waals surface area contributed by atoms with Gasteiger partial charge in [-0.2, -0.15) is 0 Å². The van der Waals surface area contributed by atoms with E-state index in [4.69, 9.17) is 21.7 Å². The number of anilines is 1. The van der Waals surface area contributed by atoms with Crippen molar-refractivity contribution < 1.29 is 14.7 Å². The lowest BCUT2D eigenvalue weighted by Crippen LogP contribution is -2.31. The summed E-state index contributed by atoms with van der Waals surface area (Å²) in [5.41, 5.74) is 1.29. The number of carbonyl (C=O) groups excluding carboxylic acids is 1. The molecule has 0 aliphatic rings. The molecule has 176 valence electrons. The molecule has 3 rings (SSSR count). The number of benzene rings is 1. The molecule has 3 aromatic rings. The number of aromatic nitrogens is 3. The SMILES string of the molecule is CCCCCn1c(N(C)CC(=O)CCCC(=O)O)cc(=O)n2cc(-c3ccc(Cl)cc3)nc12. The van der Waals surface area contributed by atoms with E-state index in [9.17, 15) is 14.4 Å². The monoisotopic (exact) mass is 472 g/mol. The first kappa shape index (κ1) is 24.5. The van der Waals surface area contributed by atoms with Crippen molar-refractivity contribution in [3.8, 4) is 11.3 Å². The predicted molar refractivity (Wildman–Crippen MR) is 129 cm³/mol. The number of nitrogens with zero attached hydrogens (tertiary/aromatic N) is 4. The van der Waals surface area contributed by atoms with E-state index >= 15 is 0 Å². The molecule has 0 amide bonds. The van der Waals surface area contributed by atoms with Crippen molar-refractivity contribution in [3.63, 3.8) is 0 Å². The Kier molecular flexibility index (Phi) is 8.27. The average Bonchev–Trinajstić information content (AvgIpc) is 3.21. The van der Waals surface area contributed by atoms with Crippen LogP contribution in [0.15, 0.2) is 41.3 Å². The zero-order valence-corrected chi connectivity index (χ0v) is 19.7. The van der Waals surface area contributed by atoms with Gasteiger partial charge >= 0.3 is 5.97 Å². The summed E-state index contributed by atoms with van der Waals surface area (Å²) in [7, 11) is 1.76. The zero-order chi connectivity index (χ0) is 24.0. The van der Waals surface area contributed by atoms with E-state index < -0.39 is 5.97 Å². The van der Waals surface area contributed by atoms with Gasteiger partial charge in [0.1, 0.15) is 5.82 Å². The van der Waals surface area contributed by atoms with Crippen molar-refractivity contribution in [2.45, 2.75) is 52.0 Å². The first-order chi connectivity index (χ1) is 15.8. The third-order valence-corrected chi connectivity index (χ3v) is 5.72. The van der Waals surface area contributed by atoms with Crippen LogP contribution < -0.4 is 10.5 Å². The molecule has 0 atom stereocenters. The summed E-state index contributed by atoms with van der Waals surface area (Å²) < 4.78 is 3.50. The number of halogens is 1. The first-order valence-corrected chi connectivity index (χ1v) is 11.5. The molecule has 33 heavy (non-hydrogen) atoms. The van der Waals surface area contributed by atoms with E-state index in [2.05, 4.69) is 6.92 Å². The Bertz CT molecular complexity index is 1180. The van der Waals surface area contributed by atoms with E-state index in [1.165, 1.54) is 10.5 Å². The summed E-state index contributed by atoms with van der Waals surface area (Å²) in [5.74, 6) is 0.144. The highest BCUT2D eigenvalue weighted by Gasteiger charge is 2.18. The number of fused-ring (bicyclic) bond motifs is 1. The Balaban J connectivity index is 1.96. The maximum Gasteiger partial charge on any atom is 0.303 e. The van der Waals surface area contributed by atoms with Crippen LogP contribution >= 0.6 is 11.6 Å². The minimum atomic E-state index is -0.915. The minimum Gasteiger partial charge on any atom is -0.481 e. The van der Waals surface area contributed by atoms with Crippen LogP contribution in [0.1, 0.15) is 45.4 Å². The molecule has 0 bridgehead atoms. The van der Waals surface area contributed by atoms with Gasteiger partial charge in [0.25, 0.3) is 5.56 Å². The lowest BCUT2D eigenvalue weighted by molar-refractivity contribution is -0.137. The topological polar surface area (TPSA) is 96.9 Å². The van der Waals surface area contributed by atoms with Crippen LogP contribution in [-0.2, 0) is 16.1 Å². The summed E-state index contributed by atoms with van der Waals surface area (Å²) in [6.45, 7) is 2.87. The Morgan fingerprint density at radius 2 is 1.85 bits per heavy atom. The quantitative estimate of drug-likeness (QED) is 0.395. The molecule has 1 aromatic carbocycles. The van der Waals surface area contributed by atoms with Gasteiger partial charge in [0.2, 0.25) is 5.78 Å². The Hall–Kier alpha value is -3.13. The van der Waals surface area contributed by atoms with Gasteiger partial charge in [0.05, 0.1) is 12.2 Å². The number of imidazole rings is 1. The first-order valence-electron chi connectivity index (χ1n) is 11.1. The van der Waals surface area contributed by atoms with E-state index in [0.717, 1.165) is 24.8 Å². The Labute approximate surface area is 197 Å². The van der Waals surface area contributed by atoms with Crippen molar-refractivity contribution in [1.82, 2.24) is 14.0 Å². The van der Waals surface area contributed by atoms with Crippen LogP contribution in [0.4, 0.5) is 5.82 Å². The van der Waals surface area contributed by atoms with Crippen molar-refractivity contribution >= 4 is 34.9 Å². The number of aryl methyl sites for hydroxylation is 1. The molecule has 1 N–H and O–H groups in total. The van der Waals surface area contributed by atoms with Gasteiger partial charge in [-0.3, -0.25) is 23.4 Å². The molecule has 0 radical (unpaired) electrons. The van der Waals surface area contributed by atoms with Crippen molar-refractivity contribution in [2.75, 3.05) is 18.5 Å². The number of ketones is 1. The molecule has 8 nitrogen and oxygen atoms in total. The lowest BCUT2D eigenvalue weighted by atomic mass is 10.1. The Morgan fingerprint density at radius 1 is 1.12 bits per heavy atom. The van der Waals surface area contributed by atoms with E-state index in [-0.39, 0.29) is 30.7 Å². The van der Waals surface area contributed by atoms with E-state index in [0.29, 0.717) is 35.3 Å². The highest BCUT2D eigenvalue weighted by molar-refractivity contribution is 6.30. The van der Waals surface area contributed by atoms with Gasteiger partial charge < -0.3 is 10.0 Å². The van der Waals surface area contributed by atoms with Crippen LogP contribution in [0.2, 0.25) is 5.02 Å². The van der Waals surface area contributed by atoms with Gasteiger partial charge in [-0.1, -0.05) is 43.5 Å². The zero-order valence-electron chi connectivity index (χ0n) is 19.0. The average molecular weight is 473 g/mol. The molecule has 2 heterocycles. The normalized spacial score (nSPS) is 11.1.